The molecule has 0 N–H and O–H groups in total. The van der Waals surface area contributed by atoms with Gasteiger partial charge in [-0.25, -0.2) is 4.79 Å². The Morgan fingerprint density at radius 3 is 2.62 bits per heavy atom. The van der Waals surface area contributed by atoms with Crippen LogP contribution >= 0.6 is 0 Å². The van der Waals surface area contributed by atoms with Crippen molar-refractivity contribution in [3.63, 3.8) is 0 Å². The number of carbonyl (C=O) groups is 1. The number of benzene rings is 2. The molecule has 2 nitrogen and oxygen atoms in total. The van der Waals surface area contributed by atoms with Crippen LogP contribution in [0.5, 0.6) is 0 Å². The third kappa shape index (κ3) is 4.10. The average molecular weight is 280 g/mol. The molecule has 21 heavy (non-hydrogen) atoms. The highest BCUT2D eigenvalue weighted by molar-refractivity contribution is 5.95. The van der Waals surface area contributed by atoms with E-state index in [1.54, 1.807) is 6.07 Å². The van der Waals surface area contributed by atoms with Crippen LogP contribution in [0.3, 0.4) is 0 Å². The molecule has 0 aliphatic carbocycles. The molecule has 0 fully saturated rings. The topological polar surface area (TPSA) is 26.3 Å². The van der Waals surface area contributed by atoms with Crippen molar-refractivity contribution in [3.05, 3.63) is 47.5 Å². The van der Waals surface area contributed by atoms with Gasteiger partial charge in [0.05, 0.1) is 12.7 Å². The van der Waals surface area contributed by atoms with Gasteiger partial charge in [0, 0.05) is 12.0 Å². The fourth-order valence-electron chi connectivity index (χ4n) is 2.20. The summed E-state index contributed by atoms with van der Waals surface area (Å²) in [4.78, 5) is 11.5. The lowest BCUT2D eigenvalue weighted by Gasteiger charge is -2.02. The lowest BCUT2D eigenvalue weighted by molar-refractivity contribution is 0.0601. The first kappa shape index (κ1) is 15.1. The normalized spacial score (nSPS) is 10.0. The summed E-state index contributed by atoms with van der Waals surface area (Å²) in [7, 11) is 1.39. The molecule has 2 aromatic rings. The molecule has 0 amide bonds. The van der Waals surface area contributed by atoms with Gasteiger partial charge in [-0.1, -0.05) is 43.7 Å². The molecule has 0 spiro atoms. The Hall–Kier alpha value is -2.27. The highest BCUT2D eigenvalue weighted by atomic mass is 16.5. The van der Waals surface area contributed by atoms with Crippen molar-refractivity contribution < 1.29 is 9.53 Å². The van der Waals surface area contributed by atoms with Crippen molar-refractivity contribution in [2.24, 2.45) is 0 Å². The SMILES string of the molecule is CCCCCC#Cc1ccc2cc(C(=O)OC)ccc2c1. The van der Waals surface area contributed by atoms with Crippen LogP contribution in [0.15, 0.2) is 36.4 Å². The molecule has 0 bridgehead atoms. The number of rotatable bonds is 4. The van der Waals surface area contributed by atoms with E-state index in [4.69, 9.17) is 4.74 Å². The molecule has 0 heterocycles. The molecule has 2 rings (SSSR count). The first-order valence-corrected chi connectivity index (χ1v) is 7.35. The fraction of sp³-hybridized carbons (Fsp3) is 0.316. The number of hydrogen-bond acceptors (Lipinski definition) is 2. The van der Waals surface area contributed by atoms with Crippen LogP contribution in [0.25, 0.3) is 10.8 Å². The largest absolute Gasteiger partial charge is 0.465 e. The van der Waals surface area contributed by atoms with Gasteiger partial charge in [0.15, 0.2) is 0 Å². The Labute approximate surface area is 126 Å². The summed E-state index contributed by atoms with van der Waals surface area (Å²) >= 11 is 0. The summed E-state index contributed by atoms with van der Waals surface area (Å²) in [6, 6.07) is 11.6. The maximum atomic E-state index is 11.5. The molecule has 0 aromatic heterocycles. The minimum Gasteiger partial charge on any atom is -0.465 e. The van der Waals surface area contributed by atoms with E-state index in [1.807, 2.05) is 24.3 Å². The van der Waals surface area contributed by atoms with E-state index in [2.05, 4.69) is 24.8 Å². The Morgan fingerprint density at radius 1 is 1.10 bits per heavy atom. The number of unbranched alkanes of at least 4 members (excludes halogenated alkanes) is 3. The van der Waals surface area contributed by atoms with Crippen molar-refractivity contribution in [1.82, 2.24) is 0 Å². The highest BCUT2D eigenvalue weighted by Crippen LogP contribution is 2.18. The molecule has 0 unspecified atom stereocenters. The minimum atomic E-state index is -0.309. The summed E-state index contributed by atoms with van der Waals surface area (Å²) in [5.74, 6) is 6.11. The molecule has 0 atom stereocenters. The van der Waals surface area contributed by atoms with Crippen LogP contribution in [-0.2, 0) is 4.74 Å². The molecule has 0 saturated heterocycles. The van der Waals surface area contributed by atoms with E-state index in [0.29, 0.717) is 5.56 Å². The van der Waals surface area contributed by atoms with E-state index in [9.17, 15) is 4.79 Å². The zero-order valence-corrected chi connectivity index (χ0v) is 12.6. The second kappa shape index (κ2) is 7.50. The number of methoxy groups -OCH3 is 1. The van der Waals surface area contributed by atoms with Gasteiger partial charge in [-0.15, -0.1) is 0 Å². The Balaban J connectivity index is 2.17. The van der Waals surface area contributed by atoms with Gasteiger partial charge < -0.3 is 4.74 Å². The zero-order valence-electron chi connectivity index (χ0n) is 12.6. The summed E-state index contributed by atoms with van der Waals surface area (Å²) in [6.07, 6.45) is 4.58. The third-order valence-electron chi connectivity index (χ3n) is 3.40. The van der Waals surface area contributed by atoms with E-state index in [1.165, 1.54) is 26.4 Å². The van der Waals surface area contributed by atoms with Gasteiger partial charge in [-0.2, -0.15) is 0 Å². The van der Waals surface area contributed by atoms with Crippen LogP contribution in [0.1, 0.15) is 48.5 Å². The molecule has 0 radical (unpaired) electrons. The quantitative estimate of drug-likeness (QED) is 0.466. The van der Waals surface area contributed by atoms with Crippen molar-refractivity contribution in [3.8, 4) is 11.8 Å². The predicted molar refractivity (Wildman–Crippen MR) is 86.3 cm³/mol. The van der Waals surface area contributed by atoms with E-state index >= 15 is 0 Å². The van der Waals surface area contributed by atoms with Crippen LogP contribution in [0.2, 0.25) is 0 Å². The highest BCUT2D eigenvalue weighted by Gasteiger charge is 2.05. The fourth-order valence-corrected chi connectivity index (χ4v) is 2.20. The van der Waals surface area contributed by atoms with E-state index in [-0.39, 0.29) is 5.97 Å². The summed E-state index contributed by atoms with van der Waals surface area (Å²) < 4.78 is 4.73. The summed E-state index contributed by atoms with van der Waals surface area (Å²) in [5.41, 5.74) is 1.59. The lowest BCUT2D eigenvalue weighted by atomic mass is 10.0. The predicted octanol–water partition coefficient (Wildman–Crippen LogP) is 4.56. The number of carbonyl (C=O) groups excluding carboxylic acids is 1. The standard InChI is InChI=1S/C19H20O2/c1-3-4-5-6-7-8-15-9-10-17-14-18(19(20)21-2)12-11-16(17)13-15/h9-14H,3-6H2,1-2H3. The lowest BCUT2D eigenvalue weighted by Crippen LogP contribution is -2.00. The van der Waals surface area contributed by atoms with Crippen molar-refractivity contribution >= 4 is 16.7 Å². The van der Waals surface area contributed by atoms with Gasteiger partial charge >= 0.3 is 5.97 Å². The summed E-state index contributed by atoms with van der Waals surface area (Å²) in [5, 5.41) is 2.11. The maximum Gasteiger partial charge on any atom is 0.337 e. The van der Waals surface area contributed by atoms with Crippen molar-refractivity contribution in [1.29, 1.82) is 0 Å². The van der Waals surface area contributed by atoms with Gasteiger partial charge in [-0.05, 0) is 41.5 Å². The molecular formula is C19H20O2. The van der Waals surface area contributed by atoms with E-state index < -0.39 is 0 Å². The van der Waals surface area contributed by atoms with Crippen LogP contribution in [-0.4, -0.2) is 13.1 Å². The average Bonchev–Trinajstić information content (AvgIpc) is 2.53. The molecule has 0 aliphatic rings. The second-order valence-corrected chi connectivity index (χ2v) is 5.03. The summed E-state index contributed by atoms with van der Waals surface area (Å²) in [6.45, 7) is 2.19. The number of fused-ring (bicyclic) bond motifs is 1. The Bertz CT molecular complexity index is 690. The zero-order chi connectivity index (χ0) is 15.1. The molecule has 108 valence electrons. The number of esters is 1. The second-order valence-electron chi connectivity index (χ2n) is 5.03. The Morgan fingerprint density at radius 2 is 1.86 bits per heavy atom. The smallest absolute Gasteiger partial charge is 0.337 e. The van der Waals surface area contributed by atoms with Crippen molar-refractivity contribution in [2.75, 3.05) is 7.11 Å². The van der Waals surface area contributed by atoms with Crippen LogP contribution in [0, 0.1) is 11.8 Å². The van der Waals surface area contributed by atoms with Gasteiger partial charge in [0.1, 0.15) is 0 Å². The number of ether oxygens (including phenoxy) is 1. The molecule has 0 aliphatic heterocycles. The molecular weight excluding hydrogens is 260 g/mol. The monoisotopic (exact) mass is 280 g/mol. The first-order valence-electron chi connectivity index (χ1n) is 7.35. The first-order chi connectivity index (χ1) is 10.2. The van der Waals surface area contributed by atoms with Crippen molar-refractivity contribution in [2.45, 2.75) is 32.6 Å². The molecule has 0 saturated carbocycles. The molecule has 2 heteroatoms. The van der Waals surface area contributed by atoms with Crippen LogP contribution < -0.4 is 0 Å². The molecule has 2 aromatic carbocycles. The number of hydrogen-bond donors (Lipinski definition) is 0. The maximum absolute atomic E-state index is 11.5. The van der Waals surface area contributed by atoms with Crippen LogP contribution in [0.4, 0.5) is 0 Å². The van der Waals surface area contributed by atoms with Gasteiger partial charge in [0.25, 0.3) is 0 Å². The Kier molecular flexibility index (Phi) is 5.40. The third-order valence-corrected chi connectivity index (χ3v) is 3.40. The van der Waals surface area contributed by atoms with E-state index in [0.717, 1.165) is 22.8 Å². The van der Waals surface area contributed by atoms with Gasteiger partial charge in [0.2, 0.25) is 0 Å². The van der Waals surface area contributed by atoms with Gasteiger partial charge in [-0.3, -0.25) is 0 Å². The minimum absolute atomic E-state index is 0.309.